The summed E-state index contributed by atoms with van der Waals surface area (Å²) in [5.41, 5.74) is 18.4. The minimum Gasteiger partial charge on any atom is -0.0776 e. The van der Waals surface area contributed by atoms with Gasteiger partial charge in [0.15, 0.2) is 0 Å². The van der Waals surface area contributed by atoms with Gasteiger partial charge in [0, 0.05) is 0 Å². The molecule has 6 fully saturated rings. The van der Waals surface area contributed by atoms with Gasteiger partial charge in [-0.25, -0.2) is 0 Å². The molecule has 6 saturated carbocycles. The maximum absolute atomic E-state index is 2.30. The van der Waals surface area contributed by atoms with Gasteiger partial charge in [-0.1, -0.05) is 312 Å². The molecule has 0 heteroatoms. The molecule has 6 aromatic rings. The average molecular weight is 1150 g/mol. The van der Waals surface area contributed by atoms with E-state index in [9.17, 15) is 0 Å². The molecule has 0 aromatic heterocycles. The van der Waals surface area contributed by atoms with Crippen molar-refractivity contribution < 1.29 is 0 Å². The van der Waals surface area contributed by atoms with Crippen LogP contribution in [0, 0.1) is 41.5 Å². The lowest BCUT2D eigenvalue weighted by atomic mass is 9.94. The highest BCUT2D eigenvalue weighted by Crippen LogP contribution is 2.40. The van der Waals surface area contributed by atoms with Crippen LogP contribution in [0.4, 0.5) is 0 Å². The third-order valence-electron chi connectivity index (χ3n) is 17.9. The van der Waals surface area contributed by atoms with Crippen LogP contribution in [0.25, 0.3) is 0 Å². The molecule has 0 heterocycles. The van der Waals surface area contributed by atoms with E-state index in [4.69, 9.17) is 0 Å². The van der Waals surface area contributed by atoms with Crippen LogP contribution in [-0.2, 0) is 0 Å². The van der Waals surface area contributed by atoms with Crippen LogP contribution in [0.15, 0.2) is 146 Å². The van der Waals surface area contributed by atoms with Crippen molar-refractivity contribution >= 4 is 0 Å². The Morgan fingerprint density at radius 1 is 0.167 bits per heavy atom. The Morgan fingerprint density at radius 2 is 0.262 bits per heavy atom. The lowest BCUT2D eigenvalue weighted by Gasteiger charge is -2.11. The molecule has 0 radical (unpaired) electrons. The zero-order chi connectivity index (χ0) is 50.3. The van der Waals surface area contributed by atoms with Crippen LogP contribution in [0.3, 0.4) is 0 Å². The minimum atomic E-state index is 0. The predicted octanol–water partition coefficient (Wildman–Crippen LogP) is 29.5. The van der Waals surface area contributed by atoms with Gasteiger partial charge in [-0.15, -0.1) is 0 Å². The molecule has 0 atom stereocenters. The van der Waals surface area contributed by atoms with E-state index in [1.165, 1.54) is 187 Å². The first kappa shape index (κ1) is 90.5. The molecule has 0 amide bonds. The van der Waals surface area contributed by atoms with Crippen molar-refractivity contribution in [1.82, 2.24) is 0 Å². The highest BCUT2D eigenvalue weighted by molar-refractivity contribution is 5.34. The van der Waals surface area contributed by atoms with Gasteiger partial charge in [-0.2, -0.15) is 0 Å². The molecule has 84 heavy (non-hydrogen) atoms. The molecule has 12 rings (SSSR count). The minimum absolute atomic E-state index is 0. The van der Waals surface area contributed by atoms with Crippen molar-refractivity contribution in [2.24, 2.45) is 0 Å². The first-order valence-corrected chi connectivity index (χ1v) is 29.6. The van der Waals surface area contributed by atoms with Gasteiger partial charge in [0.05, 0.1) is 0 Å². The van der Waals surface area contributed by atoms with Crippen molar-refractivity contribution in [3.05, 3.63) is 212 Å². The van der Waals surface area contributed by atoms with Crippen molar-refractivity contribution in [3.63, 3.8) is 0 Å². The van der Waals surface area contributed by atoms with Gasteiger partial charge in [0.1, 0.15) is 0 Å². The maximum Gasteiger partial charge on any atom is -0.0159 e. The Morgan fingerprint density at radius 3 is 0.357 bits per heavy atom. The zero-order valence-electron chi connectivity index (χ0n) is 46.3. The van der Waals surface area contributed by atoms with Gasteiger partial charge in [0.2, 0.25) is 0 Å². The van der Waals surface area contributed by atoms with Crippen molar-refractivity contribution in [2.75, 3.05) is 0 Å². The normalized spacial score (nSPS) is 15.8. The standard InChI is InChI=1S/6C12H16.12CH4/c6*1-10-6-2-5-9-12(10)11-7-3-4-8-11;;;;;;;;;;;;/h6*2,5-6,9,11H,3-4,7-8H2,1H3;12*1H4. The molecule has 6 aromatic carbocycles. The summed E-state index contributed by atoms with van der Waals surface area (Å²) in [6, 6.07) is 53.0. The molecule has 0 nitrogen and oxygen atoms in total. The summed E-state index contributed by atoms with van der Waals surface area (Å²) < 4.78 is 0. The molecule has 480 valence electrons. The summed E-state index contributed by atoms with van der Waals surface area (Å²) in [4.78, 5) is 0. The molecule has 0 saturated heterocycles. The Labute approximate surface area is 529 Å². The van der Waals surface area contributed by atoms with E-state index in [0.29, 0.717) is 0 Å². The van der Waals surface area contributed by atoms with Crippen molar-refractivity contribution in [1.29, 1.82) is 0 Å². The molecule has 0 unspecified atom stereocenters. The number of rotatable bonds is 6. The monoisotopic (exact) mass is 1150 g/mol. The van der Waals surface area contributed by atoms with E-state index in [2.05, 4.69) is 187 Å². The molecule has 0 spiro atoms. The van der Waals surface area contributed by atoms with Crippen LogP contribution in [-0.4, -0.2) is 0 Å². The van der Waals surface area contributed by atoms with E-state index in [1.807, 2.05) is 0 Å². The summed E-state index contributed by atoms with van der Waals surface area (Å²) in [5.74, 6) is 5.20. The quantitative estimate of drug-likeness (QED) is 0.156. The maximum atomic E-state index is 2.30. The van der Waals surface area contributed by atoms with Gasteiger partial charge >= 0.3 is 0 Å². The third kappa shape index (κ3) is 27.8. The molecular weight excluding hydrogens is 1010 g/mol. The summed E-state index contributed by atoms with van der Waals surface area (Å²) in [6.45, 7) is 13.4. The summed E-state index contributed by atoms with van der Waals surface area (Å²) in [6.07, 6.45) is 34.0. The second-order valence-electron chi connectivity index (χ2n) is 23.0. The number of aryl methyl sites for hydroxylation is 6. The summed E-state index contributed by atoms with van der Waals surface area (Å²) in [7, 11) is 0. The predicted molar refractivity (Wildman–Crippen MR) is 395 cm³/mol. The first-order chi connectivity index (χ1) is 35.3. The highest BCUT2D eigenvalue weighted by Gasteiger charge is 2.22. The smallest absolute Gasteiger partial charge is 0.0159 e. The van der Waals surface area contributed by atoms with E-state index < -0.39 is 0 Å². The number of hydrogen-bond donors (Lipinski definition) is 0. The van der Waals surface area contributed by atoms with Gasteiger partial charge in [-0.05, 0) is 221 Å². The van der Waals surface area contributed by atoms with E-state index in [0.717, 1.165) is 35.5 Å². The van der Waals surface area contributed by atoms with Crippen LogP contribution in [0.2, 0.25) is 0 Å². The lowest BCUT2D eigenvalue weighted by molar-refractivity contribution is 0.718. The second-order valence-corrected chi connectivity index (χ2v) is 23.0. The second kappa shape index (κ2) is 49.4. The molecular formula is C84H144. The Balaban J connectivity index is -0.000000211. The fraction of sp³-hybridized carbons (Fsp3) is 0.571. The van der Waals surface area contributed by atoms with E-state index >= 15 is 0 Å². The Kier molecular flexibility index (Phi) is 53.3. The fourth-order valence-corrected chi connectivity index (χ4v) is 13.7. The summed E-state index contributed by atoms with van der Waals surface area (Å²) in [5, 5.41) is 0. The molecule has 0 aliphatic heterocycles. The van der Waals surface area contributed by atoms with Gasteiger partial charge in [0.25, 0.3) is 0 Å². The highest BCUT2D eigenvalue weighted by atomic mass is 14.3. The molecule has 6 aliphatic carbocycles. The SMILES string of the molecule is C.C.C.C.C.C.C.C.C.C.C.C.Cc1ccccc1C1CCCC1.Cc1ccccc1C1CCCC1.Cc1ccccc1C1CCCC1.Cc1ccccc1C1CCCC1.Cc1ccccc1C1CCCC1.Cc1ccccc1C1CCCC1. The first-order valence-electron chi connectivity index (χ1n) is 29.6. The third-order valence-corrected chi connectivity index (χ3v) is 17.9. The number of hydrogen-bond acceptors (Lipinski definition) is 0. The summed E-state index contributed by atoms with van der Waals surface area (Å²) >= 11 is 0. The molecule has 0 N–H and O–H groups in total. The van der Waals surface area contributed by atoms with Crippen LogP contribution in [0.1, 0.15) is 345 Å². The van der Waals surface area contributed by atoms with Gasteiger partial charge in [-0.3, -0.25) is 0 Å². The van der Waals surface area contributed by atoms with E-state index in [-0.39, 0.29) is 89.1 Å². The largest absolute Gasteiger partial charge is 0.0776 e. The van der Waals surface area contributed by atoms with E-state index in [1.54, 1.807) is 33.4 Å². The molecule has 0 bridgehead atoms. The molecule has 6 aliphatic rings. The van der Waals surface area contributed by atoms with Crippen LogP contribution in [0.5, 0.6) is 0 Å². The Bertz CT molecular complexity index is 1980. The lowest BCUT2D eigenvalue weighted by Crippen LogP contribution is -1.94. The van der Waals surface area contributed by atoms with Gasteiger partial charge < -0.3 is 0 Å². The average Bonchev–Trinajstić information content (AvgIpc) is 4.27. The van der Waals surface area contributed by atoms with Crippen LogP contribution < -0.4 is 0 Å². The zero-order valence-corrected chi connectivity index (χ0v) is 46.3. The van der Waals surface area contributed by atoms with Crippen LogP contribution >= 0.6 is 0 Å². The topological polar surface area (TPSA) is 0 Å². The van der Waals surface area contributed by atoms with Crippen molar-refractivity contribution in [2.45, 2.75) is 320 Å². The Hall–Kier alpha value is -4.68. The van der Waals surface area contributed by atoms with Crippen molar-refractivity contribution in [3.8, 4) is 0 Å². The number of benzene rings is 6. The fourth-order valence-electron chi connectivity index (χ4n) is 13.7.